The highest BCUT2D eigenvalue weighted by atomic mass is 16.5. The van der Waals surface area contributed by atoms with Gasteiger partial charge < -0.3 is 14.8 Å². The second-order valence-corrected chi connectivity index (χ2v) is 6.21. The number of benzene rings is 2. The average Bonchev–Trinajstić information content (AvgIpc) is 2.72. The Hall–Kier alpha value is -3.39. The van der Waals surface area contributed by atoms with Gasteiger partial charge in [0.1, 0.15) is 5.92 Å². The fourth-order valence-electron chi connectivity index (χ4n) is 3.13. The van der Waals surface area contributed by atoms with Crippen LogP contribution < -0.4 is 14.8 Å². The Bertz CT molecular complexity index is 927. The second kappa shape index (κ2) is 8.10. The Morgan fingerprint density at radius 1 is 1.11 bits per heavy atom. The molecule has 8 nitrogen and oxygen atoms in total. The molecule has 0 aromatic heterocycles. The molecule has 0 aliphatic carbocycles. The van der Waals surface area contributed by atoms with Crippen molar-refractivity contribution in [2.24, 2.45) is 0 Å². The van der Waals surface area contributed by atoms with Crippen molar-refractivity contribution in [1.29, 1.82) is 0 Å². The van der Waals surface area contributed by atoms with Crippen LogP contribution in [0.3, 0.4) is 0 Å². The predicted molar refractivity (Wildman–Crippen MR) is 98.4 cm³/mol. The van der Waals surface area contributed by atoms with Gasteiger partial charge in [0.2, 0.25) is 5.91 Å². The first-order valence-electron chi connectivity index (χ1n) is 8.62. The summed E-state index contributed by atoms with van der Waals surface area (Å²) in [5.74, 6) is -2.47. The Morgan fingerprint density at radius 2 is 1.82 bits per heavy atom. The Balaban J connectivity index is 1.71. The van der Waals surface area contributed by atoms with Crippen molar-refractivity contribution in [2.75, 3.05) is 20.8 Å². The molecule has 0 spiro atoms. The topological polar surface area (TPSA) is 105 Å². The van der Waals surface area contributed by atoms with E-state index in [1.807, 2.05) is 6.07 Å². The summed E-state index contributed by atoms with van der Waals surface area (Å²) in [5.41, 5.74) is 1.32. The van der Waals surface area contributed by atoms with Crippen LogP contribution in [0.25, 0.3) is 0 Å². The van der Waals surface area contributed by atoms with Gasteiger partial charge in [0.05, 0.1) is 14.2 Å². The predicted octanol–water partition coefficient (Wildman–Crippen LogP) is 1.52. The molecule has 146 valence electrons. The van der Waals surface area contributed by atoms with E-state index >= 15 is 0 Å². The van der Waals surface area contributed by atoms with Crippen LogP contribution in [0.4, 0.5) is 0 Å². The van der Waals surface area contributed by atoms with Crippen molar-refractivity contribution >= 4 is 17.7 Å². The smallest absolute Gasteiger partial charge is 0.284 e. The number of amides is 3. The van der Waals surface area contributed by atoms with Gasteiger partial charge >= 0.3 is 0 Å². The van der Waals surface area contributed by atoms with Gasteiger partial charge in [-0.15, -0.1) is 0 Å². The van der Waals surface area contributed by atoms with E-state index in [1.165, 1.54) is 19.2 Å². The summed E-state index contributed by atoms with van der Waals surface area (Å²) in [6.07, 6.45) is 0.496. The maximum absolute atomic E-state index is 12.6. The number of carbonyl (C=O) groups is 3. The summed E-state index contributed by atoms with van der Waals surface area (Å²) in [6, 6.07) is 11.7. The number of hydrogen-bond donors (Lipinski definition) is 2. The highest BCUT2D eigenvalue weighted by Crippen LogP contribution is 2.29. The van der Waals surface area contributed by atoms with E-state index in [-0.39, 0.29) is 22.7 Å². The highest BCUT2D eigenvalue weighted by molar-refractivity contribution is 6.18. The van der Waals surface area contributed by atoms with Crippen LogP contribution in [0.2, 0.25) is 0 Å². The van der Waals surface area contributed by atoms with Crippen LogP contribution in [0.1, 0.15) is 27.4 Å². The molecule has 8 heteroatoms. The van der Waals surface area contributed by atoms with Crippen LogP contribution in [0.5, 0.6) is 11.5 Å². The van der Waals surface area contributed by atoms with E-state index in [1.54, 1.807) is 31.4 Å². The molecule has 0 fully saturated rings. The van der Waals surface area contributed by atoms with E-state index in [0.717, 1.165) is 5.56 Å². The number of nitrogens with zero attached hydrogens (tertiary/aromatic N) is 1. The second-order valence-electron chi connectivity index (χ2n) is 6.21. The molecule has 1 heterocycles. The normalized spacial score (nSPS) is 15.8. The molecule has 1 unspecified atom stereocenters. The lowest BCUT2D eigenvalue weighted by Gasteiger charge is -2.27. The molecule has 1 aliphatic heterocycles. The number of hydrogen-bond acceptors (Lipinski definition) is 6. The SMILES string of the molecule is COc1ccc(CCNC(=O)C2C(=O)N(O)C(=O)c3ccccc32)cc1OC. The largest absolute Gasteiger partial charge is 0.493 e. The van der Waals surface area contributed by atoms with Gasteiger partial charge in [0.25, 0.3) is 11.8 Å². The summed E-state index contributed by atoms with van der Waals surface area (Å²) < 4.78 is 10.4. The first kappa shape index (κ1) is 19.4. The minimum atomic E-state index is -1.27. The van der Waals surface area contributed by atoms with Crippen molar-refractivity contribution in [3.05, 3.63) is 59.2 Å². The third kappa shape index (κ3) is 3.54. The van der Waals surface area contributed by atoms with Crippen molar-refractivity contribution in [2.45, 2.75) is 12.3 Å². The molecule has 0 bridgehead atoms. The lowest BCUT2D eigenvalue weighted by molar-refractivity contribution is -0.158. The van der Waals surface area contributed by atoms with Crippen molar-refractivity contribution < 1.29 is 29.1 Å². The molecule has 2 N–H and O–H groups in total. The number of imide groups is 1. The molecule has 0 saturated carbocycles. The summed E-state index contributed by atoms with van der Waals surface area (Å²) in [6.45, 7) is 0.264. The van der Waals surface area contributed by atoms with E-state index in [2.05, 4.69) is 5.32 Å². The Labute approximate surface area is 161 Å². The van der Waals surface area contributed by atoms with Crippen LogP contribution in [-0.2, 0) is 16.0 Å². The summed E-state index contributed by atoms with van der Waals surface area (Å²) in [5, 5.41) is 12.4. The third-order valence-corrected chi connectivity index (χ3v) is 4.57. The van der Waals surface area contributed by atoms with Crippen LogP contribution in [0.15, 0.2) is 42.5 Å². The lowest BCUT2D eigenvalue weighted by atomic mass is 9.88. The molecule has 3 amide bonds. The zero-order chi connectivity index (χ0) is 20.3. The third-order valence-electron chi connectivity index (χ3n) is 4.57. The monoisotopic (exact) mass is 384 g/mol. The van der Waals surface area contributed by atoms with Gasteiger partial charge in [-0.1, -0.05) is 24.3 Å². The zero-order valence-electron chi connectivity index (χ0n) is 15.5. The van der Waals surface area contributed by atoms with Gasteiger partial charge in [-0.25, -0.2) is 0 Å². The molecule has 2 aromatic rings. The first-order valence-corrected chi connectivity index (χ1v) is 8.62. The van der Waals surface area contributed by atoms with Crippen LogP contribution >= 0.6 is 0 Å². The van der Waals surface area contributed by atoms with Crippen molar-refractivity contribution in [1.82, 2.24) is 10.4 Å². The minimum Gasteiger partial charge on any atom is -0.493 e. The Kier molecular flexibility index (Phi) is 5.60. The van der Waals surface area contributed by atoms with Gasteiger partial charge in [-0.2, -0.15) is 5.06 Å². The number of fused-ring (bicyclic) bond motifs is 1. The first-order chi connectivity index (χ1) is 13.5. The number of rotatable bonds is 6. The summed E-state index contributed by atoms with van der Waals surface area (Å²) >= 11 is 0. The number of ether oxygens (including phenoxy) is 2. The number of nitrogens with one attached hydrogen (secondary N) is 1. The average molecular weight is 384 g/mol. The molecule has 3 rings (SSSR count). The van der Waals surface area contributed by atoms with Crippen LogP contribution in [0, 0.1) is 0 Å². The Morgan fingerprint density at radius 3 is 2.54 bits per heavy atom. The molecule has 1 aliphatic rings. The molecular weight excluding hydrogens is 364 g/mol. The zero-order valence-corrected chi connectivity index (χ0v) is 15.5. The maximum atomic E-state index is 12.6. The van der Waals surface area contributed by atoms with E-state index in [4.69, 9.17) is 9.47 Å². The number of methoxy groups -OCH3 is 2. The summed E-state index contributed by atoms with van der Waals surface area (Å²) in [4.78, 5) is 36.9. The highest BCUT2D eigenvalue weighted by Gasteiger charge is 2.42. The number of hydroxylamine groups is 2. The fourth-order valence-corrected chi connectivity index (χ4v) is 3.13. The maximum Gasteiger partial charge on any atom is 0.284 e. The molecule has 1 atom stereocenters. The van der Waals surface area contributed by atoms with Gasteiger partial charge in [0.15, 0.2) is 11.5 Å². The van der Waals surface area contributed by atoms with E-state index in [9.17, 15) is 19.6 Å². The molecule has 28 heavy (non-hydrogen) atoms. The lowest BCUT2D eigenvalue weighted by Crippen LogP contribution is -2.48. The number of carbonyl (C=O) groups excluding carboxylic acids is 3. The molecule has 0 saturated heterocycles. The summed E-state index contributed by atoms with van der Waals surface area (Å²) in [7, 11) is 3.09. The minimum absolute atomic E-state index is 0.000909. The molecule has 2 aromatic carbocycles. The standard InChI is InChI=1S/C20H20N2O6/c1-27-15-8-7-12(11-16(15)28-2)9-10-21-18(23)17-13-5-3-4-6-14(13)19(24)22(26)20(17)25/h3-8,11,17,26H,9-10H2,1-2H3,(H,21,23). The van der Waals surface area contributed by atoms with Gasteiger partial charge in [0, 0.05) is 12.1 Å². The van der Waals surface area contributed by atoms with Gasteiger partial charge in [-0.05, 0) is 35.7 Å². The fraction of sp³-hybridized carbons (Fsp3) is 0.250. The van der Waals surface area contributed by atoms with Crippen molar-refractivity contribution in [3.8, 4) is 11.5 Å². The quantitative estimate of drug-likeness (QED) is 0.444. The molecular formula is C20H20N2O6. The van der Waals surface area contributed by atoms with Crippen LogP contribution in [-0.4, -0.2) is 48.8 Å². The van der Waals surface area contributed by atoms with Crippen molar-refractivity contribution in [3.63, 3.8) is 0 Å². The molecule has 0 radical (unpaired) electrons. The van der Waals surface area contributed by atoms with E-state index in [0.29, 0.717) is 17.9 Å². The van der Waals surface area contributed by atoms with Gasteiger partial charge in [-0.3, -0.25) is 19.6 Å². The van der Waals surface area contributed by atoms with E-state index < -0.39 is 23.6 Å².